The molecule has 6 heteroatoms. The van der Waals surface area contributed by atoms with Gasteiger partial charge in [0, 0.05) is 19.0 Å². The summed E-state index contributed by atoms with van der Waals surface area (Å²) < 4.78 is 5.16. The second-order valence-corrected chi connectivity index (χ2v) is 5.70. The molecule has 1 saturated heterocycles. The topological polar surface area (TPSA) is 87.7 Å². The molecule has 0 spiro atoms. The summed E-state index contributed by atoms with van der Waals surface area (Å²) in [6.07, 6.45) is 0.336. The average molecular weight is 258 g/mol. The van der Waals surface area contributed by atoms with Gasteiger partial charge in [0.15, 0.2) is 0 Å². The fourth-order valence-corrected chi connectivity index (χ4v) is 2.02. The zero-order valence-electron chi connectivity index (χ0n) is 11.2. The Morgan fingerprint density at radius 1 is 1.39 bits per heavy atom. The highest BCUT2D eigenvalue weighted by Crippen LogP contribution is 2.15. The molecule has 1 amide bonds. The Morgan fingerprint density at radius 2 is 2.06 bits per heavy atom. The molecule has 0 aliphatic carbocycles. The number of carbonyl (C=O) groups excluding carboxylic acids is 1. The lowest BCUT2D eigenvalue weighted by molar-refractivity contribution is -0.138. The fourth-order valence-electron chi connectivity index (χ4n) is 2.02. The van der Waals surface area contributed by atoms with E-state index in [0.717, 1.165) is 0 Å². The molecule has 1 fully saturated rings. The number of nitrogens with one attached hydrogen (secondary N) is 2. The number of piperidine rings is 1. The van der Waals surface area contributed by atoms with Gasteiger partial charge in [-0.25, -0.2) is 4.79 Å². The van der Waals surface area contributed by atoms with Crippen molar-refractivity contribution < 1.29 is 19.4 Å². The number of hydrogen-bond donors (Lipinski definition) is 3. The van der Waals surface area contributed by atoms with Crippen molar-refractivity contribution in [3.05, 3.63) is 0 Å². The minimum Gasteiger partial charge on any atom is -0.481 e. The lowest BCUT2D eigenvalue weighted by atomic mass is 9.93. The highest BCUT2D eigenvalue weighted by Gasteiger charge is 2.26. The summed E-state index contributed by atoms with van der Waals surface area (Å²) in [5, 5.41) is 14.6. The van der Waals surface area contributed by atoms with Crippen molar-refractivity contribution in [2.24, 2.45) is 5.92 Å². The number of rotatable bonds is 3. The van der Waals surface area contributed by atoms with Gasteiger partial charge < -0.3 is 20.5 Å². The van der Waals surface area contributed by atoms with Gasteiger partial charge in [-0.15, -0.1) is 0 Å². The predicted octanol–water partition coefficient (Wildman–Crippen LogP) is 0.964. The Hall–Kier alpha value is -1.30. The summed E-state index contributed by atoms with van der Waals surface area (Å²) in [7, 11) is 0. The van der Waals surface area contributed by atoms with Gasteiger partial charge in [0.1, 0.15) is 5.60 Å². The first-order chi connectivity index (χ1) is 8.26. The van der Waals surface area contributed by atoms with Crippen LogP contribution in [0.1, 0.15) is 33.6 Å². The van der Waals surface area contributed by atoms with E-state index in [0.29, 0.717) is 19.5 Å². The van der Waals surface area contributed by atoms with Crippen LogP contribution in [0.2, 0.25) is 0 Å². The van der Waals surface area contributed by atoms with Crippen LogP contribution in [-0.2, 0) is 9.53 Å². The van der Waals surface area contributed by atoms with Gasteiger partial charge in [-0.1, -0.05) is 0 Å². The summed E-state index contributed by atoms with van der Waals surface area (Å²) in [6.45, 7) is 6.74. The third-order valence-corrected chi connectivity index (χ3v) is 2.63. The molecule has 0 aromatic heterocycles. The first-order valence-electron chi connectivity index (χ1n) is 6.18. The summed E-state index contributed by atoms with van der Waals surface area (Å²) in [5.41, 5.74) is -0.521. The smallest absolute Gasteiger partial charge is 0.407 e. The molecule has 1 aliphatic heterocycles. The second-order valence-electron chi connectivity index (χ2n) is 5.70. The van der Waals surface area contributed by atoms with Crippen molar-refractivity contribution in [3.8, 4) is 0 Å². The standard InChI is InChI=1S/C12H22N2O4/c1-12(2,3)18-11(17)14-9-4-8(5-10(15)16)6-13-7-9/h8-9,13H,4-7H2,1-3H3,(H,14,17)(H,15,16)/t8-,9-/m1/s1. The van der Waals surface area contributed by atoms with Crippen LogP contribution in [-0.4, -0.2) is 41.9 Å². The summed E-state index contributed by atoms with van der Waals surface area (Å²) in [4.78, 5) is 22.2. The lowest BCUT2D eigenvalue weighted by Gasteiger charge is -2.30. The molecule has 0 radical (unpaired) electrons. The Labute approximate surface area is 107 Å². The predicted molar refractivity (Wildman–Crippen MR) is 66.4 cm³/mol. The third-order valence-electron chi connectivity index (χ3n) is 2.63. The van der Waals surface area contributed by atoms with Gasteiger partial charge >= 0.3 is 12.1 Å². The normalized spacial score (nSPS) is 24.4. The van der Waals surface area contributed by atoms with E-state index in [2.05, 4.69) is 10.6 Å². The largest absolute Gasteiger partial charge is 0.481 e. The van der Waals surface area contributed by atoms with Crippen molar-refractivity contribution >= 4 is 12.1 Å². The molecule has 1 aliphatic rings. The van der Waals surface area contributed by atoms with E-state index in [-0.39, 0.29) is 18.4 Å². The number of carboxylic acids is 1. The first-order valence-corrected chi connectivity index (χ1v) is 6.18. The van der Waals surface area contributed by atoms with Gasteiger partial charge in [-0.3, -0.25) is 4.79 Å². The van der Waals surface area contributed by atoms with E-state index in [1.165, 1.54) is 0 Å². The van der Waals surface area contributed by atoms with E-state index in [1.807, 2.05) is 0 Å². The van der Waals surface area contributed by atoms with Gasteiger partial charge in [0.25, 0.3) is 0 Å². The van der Waals surface area contributed by atoms with E-state index in [4.69, 9.17) is 9.84 Å². The van der Waals surface area contributed by atoms with Crippen LogP contribution in [0.4, 0.5) is 4.79 Å². The third kappa shape index (κ3) is 5.86. The maximum Gasteiger partial charge on any atom is 0.407 e. The van der Waals surface area contributed by atoms with Crippen molar-refractivity contribution in [1.82, 2.24) is 10.6 Å². The summed E-state index contributed by atoms with van der Waals surface area (Å²) in [5.74, 6) is -0.754. The Kier molecular flexibility index (Phi) is 4.95. The number of aliphatic carboxylic acids is 1. The van der Waals surface area contributed by atoms with Gasteiger partial charge in [-0.2, -0.15) is 0 Å². The molecular weight excluding hydrogens is 236 g/mol. The lowest BCUT2D eigenvalue weighted by Crippen LogP contribution is -2.50. The molecule has 6 nitrogen and oxygen atoms in total. The van der Waals surface area contributed by atoms with Gasteiger partial charge in [0.05, 0.1) is 0 Å². The van der Waals surface area contributed by atoms with Crippen molar-refractivity contribution in [2.45, 2.75) is 45.3 Å². The molecule has 0 aromatic rings. The zero-order valence-corrected chi connectivity index (χ0v) is 11.2. The van der Waals surface area contributed by atoms with Crippen molar-refractivity contribution in [3.63, 3.8) is 0 Å². The summed E-state index contributed by atoms with van der Waals surface area (Å²) >= 11 is 0. The molecule has 104 valence electrons. The summed E-state index contributed by atoms with van der Waals surface area (Å²) in [6, 6.07) is -0.0713. The Bertz CT molecular complexity index is 312. The highest BCUT2D eigenvalue weighted by molar-refractivity contribution is 5.68. The number of carbonyl (C=O) groups is 2. The van der Waals surface area contributed by atoms with E-state index >= 15 is 0 Å². The number of amides is 1. The molecular formula is C12H22N2O4. The molecule has 0 unspecified atom stereocenters. The minimum absolute atomic E-state index is 0.0520. The molecule has 0 aromatic carbocycles. The number of hydrogen-bond acceptors (Lipinski definition) is 4. The molecule has 18 heavy (non-hydrogen) atoms. The minimum atomic E-state index is -0.806. The van der Waals surface area contributed by atoms with Crippen LogP contribution in [0.25, 0.3) is 0 Å². The van der Waals surface area contributed by atoms with E-state index in [9.17, 15) is 9.59 Å². The molecule has 0 saturated carbocycles. The van der Waals surface area contributed by atoms with Crippen LogP contribution in [0.15, 0.2) is 0 Å². The maximum atomic E-state index is 11.6. The van der Waals surface area contributed by atoms with Gasteiger partial charge in [-0.05, 0) is 39.7 Å². The molecule has 3 N–H and O–H groups in total. The number of carboxylic acid groups (broad SMARTS) is 1. The van der Waals surface area contributed by atoms with E-state index in [1.54, 1.807) is 20.8 Å². The second kappa shape index (κ2) is 6.04. The molecule has 1 rings (SSSR count). The average Bonchev–Trinajstić information content (AvgIpc) is 2.13. The number of ether oxygens (including phenoxy) is 1. The SMILES string of the molecule is CC(C)(C)OC(=O)N[C@H]1CNC[C@@H](CC(=O)O)C1. The van der Waals surface area contributed by atoms with Crippen LogP contribution in [0.5, 0.6) is 0 Å². The molecule has 1 heterocycles. The van der Waals surface area contributed by atoms with Crippen molar-refractivity contribution in [2.75, 3.05) is 13.1 Å². The van der Waals surface area contributed by atoms with Crippen LogP contribution in [0, 0.1) is 5.92 Å². The van der Waals surface area contributed by atoms with Crippen LogP contribution < -0.4 is 10.6 Å². The van der Waals surface area contributed by atoms with Crippen LogP contribution >= 0.6 is 0 Å². The zero-order chi connectivity index (χ0) is 13.8. The Morgan fingerprint density at radius 3 is 2.61 bits per heavy atom. The quantitative estimate of drug-likeness (QED) is 0.702. The van der Waals surface area contributed by atoms with Crippen LogP contribution in [0.3, 0.4) is 0 Å². The van der Waals surface area contributed by atoms with Crippen molar-refractivity contribution in [1.29, 1.82) is 0 Å². The molecule has 0 bridgehead atoms. The van der Waals surface area contributed by atoms with Gasteiger partial charge in [0.2, 0.25) is 0 Å². The number of alkyl carbamates (subject to hydrolysis) is 1. The fraction of sp³-hybridized carbons (Fsp3) is 0.833. The highest BCUT2D eigenvalue weighted by atomic mass is 16.6. The van der Waals surface area contributed by atoms with E-state index < -0.39 is 17.7 Å². The first kappa shape index (κ1) is 14.8. The maximum absolute atomic E-state index is 11.6. The molecule has 2 atom stereocenters. The Balaban J connectivity index is 2.38. The monoisotopic (exact) mass is 258 g/mol.